The van der Waals surface area contributed by atoms with E-state index >= 15 is 0 Å². The second-order valence-corrected chi connectivity index (χ2v) is 3.65. The highest BCUT2D eigenvalue weighted by molar-refractivity contribution is 5.81. The monoisotopic (exact) mass is 193 g/mol. The summed E-state index contributed by atoms with van der Waals surface area (Å²) in [6.07, 6.45) is 0. The van der Waals surface area contributed by atoms with Crippen molar-refractivity contribution < 1.29 is 8.78 Å². The lowest BCUT2D eigenvalue weighted by Crippen LogP contribution is -1.98. The van der Waals surface area contributed by atoms with Gasteiger partial charge in [-0.2, -0.15) is 0 Å². The van der Waals surface area contributed by atoms with Gasteiger partial charge in [0, 0.05) is 17.0 Å². The molecule has 0 saturated carbocycles. The third kappa shape index (κ3) is 1.03. The SMILES string of the molecule is C[C]1C(C)=C(C)c2c(F)ccc(F)c21. The number of benzene rings is 1. The fourth-order valence-corrected chi connectivity index (χ4v) is 1.94. The molecule has 0 nitrogen and oxygen atoms in total. The van der Waals surface area contributed by atoms with Gasteiger partial charge in [0.15, 0.2) is 0 Å². The van der Waals surface area contributed by atoms with E-state index in [1.807, 2.05) is 20.8 Å². The van der Waals surface area contributed by atoms with Crippen LogP contribution in [-0.4, -0.2) is 0 Å². The fourth-order valence-electron chi connectivity index (χ4n) is 1.94. The zero-order chi connectivity index (χ0) is 10.5. The molecule has 14 heavy (non-hydrogen) atoms. The van der Waals surface area contributed by atoms with Crippen molar-refractivity contribution in [2.24, 2.45) is 0 Å². The maximum atomic E-state index is 13.5. The molecule has 2 rings (SSSR count). The van der Waals surface area contributed by atoms with Crippen molar-refractivity contribution in [3.63, 3.8) is 0 Å². The Hall–Kier alpha value is -1.18. The Kier molecular flexibility index (Phi) is 1.95. The maximum Gasteiger partial charge on any atom is 0.131 e. The van der Waals surface area contributed by atoms with Crippen LogP contribution in [0.25, 0.3) is 5.57 Å². The van der Waals surface area contributed by atoms with E-state index < -0.39 is 0 Å². The van der Waals surface area contributed by atoms with Gasteiger partial charge in [0.05, 0.1) is 0 Å². The summed E-state index contributed by atoms with van der Waals surface area (Å²) in [7, 11) is 0. The number of rotatable bonds is 0. The molecule has 0 atom stereocenters. The average Bonchev–Trinajstić information content (AvgIpc) is 2.38. The van der Waals surface area contributed by atoms with Crippen LogP contribution in [0.3, 0.4) is 0 Å². The van der Waals surface area contributed by atoms with Gasteiger partial charge in [0.25, 0.3) is 0 Å². The van der Waals surface area contributed by atoms with Crippen molar-refractivity contribution in [2.75, 3.05) is 0 Å². The summed E-state index contributed by atoms with van der Waals surface area (Å²) >= 11 is 0. The van der Waals surface area contributed by atoms with Crippen LogP contribution >= 0.6 is 0 Å². The number of fused-ring (bicyclic) bond motifs is 1. The van der Waals surface area contributed by atoms with Crippen molar-refractivity contribution in [1.82, 2.24) is 0 Å². The average molecular weight is 193 g/mol. The Bertz CT molecular complexity index is 430. The van der Waals surface area contributed by atoms with Crippen molar-refractivity contribution >= 4 is 5.57 Å². The van der Waals surface area contributed by atoms with Gasteiger partial charge in [-0.15, -0.1) is 0 Å². The Balaban J connectivity index is 2.78. The molecule has 1 aromatic rings. The van der Waals surface area contributed by atoms with E-state index in [1.54, 1.807) is 0 Å². The molecule has 1 aliphatic rings. The largest absolute Gasteiger partial charge is 0.207 e. The summed E-state index contributed by atoms with van der Waals surface area (Å²) < 4.78 is 26.9. The Morgan fingerprint density at radius 3 is 1.79 bits per heavy atom. The van der Waals surface area contributed by atoms with Crippen LogP contribution < -0.4 is 0 Å². The first-order valence-electron chi connectivity index (χ1n) is 4.54. The third-order valence-corrected chi connectivity index (χ3v) is 2.98. The molecule has 0 saturated heterocycles. The Labute approximate surface area is 82.3 Å². The third-order valence-electron chi connectivity index (χ3n) is 2.98. The lowest BCUT2D eigenvalue weighted by molar-refractivity contribution is 0.590. The van der Waals surface area contributed by atoms with E-state index in [9.17, 15) is 8.78 Å². The summed E-state index contributed by atoms with van der Waals surface area (Å²) in [5.41, 5.74) is 2.68. The van der Waals surface area contributed by atoms with Crippen LogP contribution in [0.2, 0.25) is 0 Å². The molecule has 1 radical (unpaired) electrons. The van der Waals surface area contributed by atoms with Crippen LogP contribution in [0.5, 0.6) is 0 Å². The molecular formula is C12H11F2. The van der Waals surface area contributed by atoms with Gasteiger partial charge in [0.2, 0.25) is 0 Å². The standard InChI is InChI=1S/C12H11F2/c1-6-7(2)11-9(13)4-5-10(14)12(11)8(6)3/h4-5H,1-3H3. The summed E-state index contributed by atoms with van der Waals surface area (Å²) in [6.45, 7) is 5.55. The van der Waals surface area contributed by atoms with Gasteiger partial charge in [-0.25, -0.2) is 8.78 Å². The molecule has 0 N–H and O–H groups in total. The second kappa shape index (κ2) is 2.91. The van der Waals surface area contributed by atoms with E-state index in [2.05, 4.69) is 0 Å². The molecule has 0 unspecified atom stereocenters. The van der Waals surface area contributed by atoms with Crippen molar-refractivity contribution in [1.29, 1.82) is 0 Å². The minimum absolute atomic E-state index is 0.338. The molecule has 0 aromatic heterocycles. The van der Waals surface area contributed by atoms with Crippen LogP contribution in [-0.2, 0) is 0 Å². The Morgan fingerprint density at radius 2 is 1.29 bits per heavy atom. The van der Waals surface area contributed by atoms with Crippen LogP contribution in [0.4, 0.5) is 8.78 Å². The first kappa shape index (κ1) is 9.38. The number of allylic oxidation sites excluding steroid dienone is 2. The molecule has 0 amide bonds. The van der Waals surface area contributed by atoms with Crippen LogP contribution in [0, 0.1) is 17.6 Å². The van der Waals surface area contributed by atoms with Gasteiger partial charge in [0.1, 0.15) is 11.6 Å². The van der Waals surface area contributed by atoms with Gasteiger partial charge in [-0.05, 0) is 31.6 Å². The molecule has 0 heterocycles. The number of hydrogen-bond acceptors (Lipinski definition) is 0. The molecule has 0 fully saturated rings. The highest BCUT2D eigenvalue weighted by Crippen LogP contribution is 2.42. The molecular weight excluding hydrogens is 182 g/mol. The minimum Gasteiger partial charge on any atom is -0.207 e. The highest BCUT2D eigenvalue weighted by Gasteiger charge is 2.29. The summed E-state index contributed by atoms with van der Waals surface area (Å²) in [5, 5.41) is 0. The van der Waals surface area contributed by atoms with E-state index in [0.29, 0.717) is 11.1 Å². The van der Waals surface area contributed by atoms with Crippen LogP contribution in [0.15, 0.2) is 17.7 Å². The topological polar surface area (TPSA) is 0 Å². The van der Waals surface area contributed by atoms with Gasteiger partial charge >= 0.3 is 0 Å². The fraction of sp³-hybridized carbons (Fsp3) is 0.250. The van der Waals surface area contributed by atoms with E-state index in [-0.39, 0.29) is 11.6 Å². The van der Waals surface area contributed by atoms with Crippen molar-refractivity contribution in [3.05, 3.63) is 46.4 Å². The quantitative estimate of drug-likeness (QED) is 0.589. The predicted octanol–water partition coefficient (Wildman–Crippen LogP) is 3.71. The van der Waals surface area contributed by atoms with Gasteiger partial charge in [-0.3, -0.25) is 0 Å². The van der Waals surface area contributed by atoms with Gasteiger partial charge < -0.3 is 0 Å². The van der Waals surface area contributed by atoms with Crippen molar-refractivity contribution in [2.45, 2.75) is 20.8 Å². The lowest BCUT2D eigenvalue weighted by atomic mass is 9.98. The van der Waals surface area contributed by atoms with E-state index in [4.69, 9.17) is 0 Å². The lowest BCUT2D eigenvalue weighted by Gasteiger charge is -2.07. The smallest absolute Gasteiger partial charge is 0.131 e. The summed E-state index contributed by atoms with van der Waals surface area (Å²) in [6, 6.07) is 2.37. The van der Waals surface area contributed by atoms with E-state index in [1.165, 1.54) is 12.1 Å². The van der Waals surface area contributed by atoms with Gasteiger partial charge in [-0.1, -0.05) is 12.5 Å². The van der Waals surface area contributed by atoms with E-state index in [0.717, 1.165) is 17.1 Å². The first-order chi connectivity index (χ1) is 6.54. The molecule has 1 aliphatic carbocycles. The zero-order valence-electron chi connectivity index (χ0n) is 8.41. The molecule has 2 heteroatoms. The number of hydrogen-bond donors (Lipinski definition) is 0. The zero-order valence-corrected chi connectivity index (χ0v) is 8.41. The second-order valence-electron chi connectivity index (χ2n) is 3.65. The summed E-state index contributed by atoms with van der Waals surface area (Å²) in [4.78, 5) is 0. The molecule has 0 bridgehead atoms. The molecule has 1 aromatic carbocycles. The molecule has 0 aliphatic heterocycles. The number of halogens is 2. The predicted molar refractivity (Wildman–Crippen MR) is 52.6 cm³/mol. The summed E-state index contributed by atoms with van der Waals surface area (Å²) in [5.74, 6) is 0.166. The Morgan fingerprint density at radius 1 is 0.786 bits per heavy atom. The minimum atomic E-state index is -0.338. The van der Waals surface area contributed by atoms with Crippen molar-refractivity contribution in [3.8, 4) is 0 Å². The first-order valence-corrected chi connectivity index (χ1v) is 4.54. The molecule has 73 valence electrons. The highest BCUT2D eigenvalue weighted by atomic mass is 19.1. The maximum absolute atomic E-state index is 13.5. The molecule has 0 spiro atoms. The normalized spacial score (nSPS) is 16.4. The van der Waals surface area contributed by atoms with Crippen LogP contribution in [0.1, 0.15) is 31.9 Å².